The van der Waals surface area contributed by atoms with Crippen LogP contribution in [0.15, 0.2) is 46.2 Å². The van der Waals surface area contributed by atoms with E-state index in [9.17, 15) is 23.1 Å². The van der Waals surface area contributed by atoms with Crippen LogP contribution in [0.1, 0.15) is 17.8 Å². The molecule has 39 heavy (non-hydrogen) atoms. The van der Waals surface area contributed by atoms with E-state index in [4.69, 9.17) is 23.2 Å². The summed E-state index contributed by atoms with van der Waals surface area (Å²) in [5, 5.41) is 22.4. The lowest BCUT2D eigenvalue weighted by molar-refractivity contribution is -0.139. The predicted octanol–water partition coefficient (Wildman–Crippen LogP) is 2.60. The maximum Gasteiger partial charge on any atom is 0.305 e. The van der Waals surface area contributed by atoms with Gasteiger partial charge < -0.3 is 5.11 Å². The van der Waals surface area contributed by atoms with Crippen LogP contribution >= 0.6 is 46.3 Å². The minimum absolute atomic E-state index is 0.134. The molecule has 2 N–H and O–H groups in total. The molecular formula is C21H18Cl2N8O5S3. The van der Waals surface area contributed by atoms with Crippen LogP contribution in [0.5, 0.6) is 0 Å². The van der Waals surface area contributed by atoms with Crippen LogP contribution in [0.4, 0.5) is 0 Å². The van der Waals surface area contributed by atoms with Gasteiger partial charge in [-0.05, 0) is 35.2 Å². The lowest BCUT2D eigenvalue weighted by Gasteiger charge is -2.14. The Morgan fingerprint density at radius 1 is 1.21 bits per heavy atom. The molecule has 0 saturated heterocycles. The van der Waals surface area contributed by atoms with E-state index in [-0.39, 0.29) is 16.6 Å². The van der Waals surface area contributed by atoms with Crippen molar-refractivity contribution in [2.45, 2.75) is 34.9 Å². The van der Waals surface area contributed by atoms with Gasteiger partial charge >= 0.3 is 5.97 Å². The van der Waals surface area contributed by atoms with Gasteiger partial charge in [-0.15, -0.1) is 10.2 Å². The van der Waals surface area contributed by atoms with Gasteiger partial charge in [0, 0.05) is 28.9 Å². The molecule has 0 amide bonds. The largest absolute Gasteiger partial charge is 0.481 e. The fourth-order valence-corrected chi connectivity index (χ4v) is 6.47. The van der Waals surface area contributed by atoms with E-state index in [2.05, 4.69) is 35.1 Å². The molecule has 0 bridgehead atoms. The summed E-state index contributed by atoms with van der Waals surface area (Å²) in [4.78, 5) is 38.1. The quantitative estimate of drug-likeness (QED) is 0.173. The number of aliphatic carboxylic acids is 1. The Morgan fingerprint density at radius 2 is 1.95 bits per heavy atom. The number of tetrazole rings is 1. The van der Waals surface area contributed by atoms with Crippen LogP contribution in [0, 0.1) is 0 Å². The molecule has 1 unspecified atom stereocenters. The molecule has 0 aliphatic rings. The van der Waals surface area contributed by atoms with Crippen molar-refractivity contribution in [3.8, 4) is 10.6 Å². The molecule has 1 aromatic carbocycles. The van der Waals surface area contributed by atoms with Crippen molar-refractivity contribution in [1.29, 1.82) is 0 Å². The van der Waals surface area contributed by atoms with Gasteiger partial charge in [0.05, 0.1) is 23.0 Å². The van der Waals surface area contributed by atoms with Crippen molar-refractivity contribution in [3.05, 3.63) is 58.1 Å². The van der Waals surface area contributed by atoms with E-state index >= 15 is 0 Å². The number of thiazole rings is 1. The molecule has 0 aliphatic carbocycles. The number of sulfonamides is 1. The van der Waals surface area contributed by atoms with E-state index < -0.39 is 40.8 Å². The summed E-state index contributed by atoms with van der Waals surface area (Å²) in [5.74, 6) is -1.97. The molecule has 3 aromatic heterocycles. The second-order valence-corrected chi connectivity index (χ2v) is 12.3. The summed E-state index contributed by atoms with van der Waals surface area (Å²) < 4.78 is 27.8. The van der Waals surface area contributed by atoms with Gasteiger partial charge in [-0.1, -0.05) is 52.4 Å². The highest BCUT2D eigenvalue weighted by Crippen LogP contribution is 2.28. The van der Waals surface area contributed by atoms with Crippen molar-refractivity contribution in [3.63, 3.8) is 0 Å². The number of benzene rings is 1. The van der Waals surface area contributed by atoms with Gasteiger partial charge in [0.25, 0.3) is 10.0 Å². The van der Waals surface area contributed by atoms with Crippen molar-refractivity contribution >= 4 is 68.1 Å². The summed E-state index contributed by atoms with van der Waals surface area (Å²) in [6, 6.07) is 4.98. The number of thioether (sulfide) groups is 1. The monoisotopic (exact) mass is 628 g/mol. The number of rotatable bonds is 12. The van der Waals surface area contributed by atoms with E-state index in [0.717, 1.165) is 16.1 Å². The Labute approximate surface area is 240 Å². The van der Waals surface area contributed by atoms with Gasteiger partial charge in [-0.2, -0.15) is 9.52 Å². The number of carbonyl (C=O) groups excluding carboxylic acids is 1. The molecule has 0 fully saturated rings. The molecule has 204 valence electrons. The van der Waals surface area contributed by atoms with Gasteiger partial charge in [0.2, 0.25) is 4.34 Å². The highest BCUT2D eigenvalue weighted by Gasteiger charge is 2.30. The van der Waals surface area contributed by atoms with Gasteiger partial charge in [0.15, 0.2) is 16.8 Å². The Hall–Kier alpha value is -3.02. The first-order valence-corrected chi connectivity index (χ1v) is 15.1. The lowest BCUT2D eigenvalue weighted by Crippen LogP contribution is -2.43. The number of aromatic nitrogens is 7. The van der Waals surface area contributed by atoms with Gasteiger partial charge in [-0.3, -0.25) is 9.59 Å². The van der Waals surface area contributed by atoms with Gasteiger partial charge in [0.1, 0.15) is 6.54 Å². The Morgan fingerprint density at radius 3 is 2.64 bits per heavy atom. The molecule has 0 spiro atoms. The maximum absolute atomic E-state index is 13.0. The number of carboxylic acids is 1. The standard InChI is InChI=1S/C21H18Cl2N8O5S3/c1-37-20-24-6-5-14(26-20)17-9-25-21(38-17)39(35,36)29-15(8-19(33)34)16(32)10-31-28-18(27-30-31)7-11-12(22)3-2-4-13(11)23/h2-6,9,15,29H,7-8,10H2,1H3,(H,33,34). The zero-order valence-electron chi connectivity index (χ0n) is 19.9. The van der Waals surface area contributed by atoms with Crippen LogP contribution in [-0.4, -0.2) is 72.7 Å². The molecular weight excluding hydrogens is 611 g/mol. The van der Waals surface area contributed by atoms with Crippen LogP contribution < -0.4 is 4.72 Å². The molecule has 0 radical (unpaired) electrons. The third-order valence-electron chi connectivity index (χ3n) is 5.04. The van der Waals surface area contributed by atoms with Crippen LogP contribution in [0.2, 0.25) is 10.0 Å². The second-order valence-electron chi connectivity index (χ2n) is 7.77. The molecule has 13 nitrogen and oxygen atoms in total. The smallest absolute Gasteiger partial charge is 0.305 e. The Kier molecular flexibility index (Phi) is 9.24. The van der Waals surface area contributed by atoms with E-state index in [1.165, 1.54) is 24.2 Å². The second kappa shape index (κ2) is 12.4. The Bertz CT molecular complexity index is 1610. The molecule has 0 saturated carbocycles. The van der Waals surface area contributed by atoms with Crippen LogP contribution in [0.3, 0.4) is 0 Å². The molecule has 3 heterocycles. The molecule has 4 rings (SSSR count). The SMILES string of the molecule is CSc1nccc(-c2cnc(S(=O)(=O)NC(CC(=O)O)C(=O)Cn3nnc(Cc4c(Cl)cccc4Cl)n3)s2)n1. The fraction of sp³-hybridized carbons (Fsp3) is 0.238. The molecule has 4 aromatic rings. The number of carbonyl (C=O) groups is 2. The third-order valence-corrected chi connectivity index (χ3v) is 9.19. The van der Waals surface area contributed by atoms with Crippen molar-refractivity contribution < 1.29 is 23.1 Å². The highest BCUT2D eigenvalue weighted by molar-refractivity contribution is 7.98. The fourth-order valence-electron chi connectivity index (χ4n) is 3.23. The summed E-state index contributed by atoms with van der Waals surface area (Å²) >= 11 is 14.5. The first-order chi connectivity index (χ1) is 18.6. The number of nitrogens with one attached hydrogen (secondary N) is 1. The van der Waals surface area contributed by atoms with E-state index in [1.54, 1.807) is 30.5 Å². The van der Waals surface area contributed by atoms with Crippen molar-refractivity contribution in [2.24, 2.45) is 0 Å². The number of nitrogens with zero attached hydrogens (tertiary/aromatic N) is 7. The number of ketones is 1. The van der Waals surface area contributed by atoms with Gasteiger partial charge in [-0.25, -0.2) is 23.4 Å². The van der Waals surface area contributed by atoms with Crippen molar-refractivity contribution in [2.75, 3.05) is 6.26 Å². The third kappa shape index (κ3) is 7.34. The first kappa shape index (κ1) is 29.0. The zero-order chi connectivity index (χ0) is 28.2. The molecule has 1 atom stereocenters. The normalized spacial score (nSPS) is 12.4. The maximum atomic E-state index is 13.0. The molecule has 18 heteroatoms. The van der Waals surface area contributed by atoms with E-state index in [1.807, 2.05) is 0 Å². The average Bonchev–Trinajstić information content (AvgIpc) is 3.56. The number of carboxylic acid groups (broad SMARTS) is 1. The number of Topliss-reactive ketones (excluding diaryl/α,β-unsaturated/α-hetero) is 1. The summed E-state index contributed by atoms with van der Waals surface area (Å²) in [6.07, 6.45) is 3.99. The minimum Gasteiger partial charge on any atom is -0.481 e. The van der Waals surface area contributed by atoms with E-state index in [0.29, 0.717) is 31.3 Å². The topological polar surface area (TPSA) is 183 Å². The summed E-state index contributed by atoms with van der Waals surface area (Å²) in [7, 11) is -4.36. The highest BCUT2D eigenvalue weighted by atomic mass is 35.5. The first-order valence-electron chi connectivity index (χ1n) is 10.9. The molecule has 0 aliphatic heterocycles. The summed E-state index contributed by atoms with van der Waals surface area (Å²) in [6.45, 7) is -0.536. The number of halogens is 2. The van der Waals surface area contributed by atoms with Crippen LogP contribution in [-0.2, 0) is 32.6 Å². The minimum atomic E-state index is -4.36. The number of hydrogen-bond donors (Lipinski definition) is 2. The van der Waals surface area contributed by atoms with Crippen molar-refractivity contribution in [1.82, 2.24) is 39.9 Å². The summed E-state index contributed by atoms with van der Waals surface area (Å²) in [5.41, 5.74) is 1.04. The van der Waals surface area contributed by atoms with Crippen LogP contribution in [0.25, 0.3) is 10.6 Å². The predicted molar refractivity (Wildman–Crippen MR) is 143 cm³/mol. The Balaban J connectivity index is 1.48. The lowest BCUT2D eigenvalue weighted by atomic mass is 10.1. The average molecular weight is 630 g/mol. The zero-order valence-corrected chi connectivity index (χ0v) is 23.8. The number of hydrogen-bond acceptors (Lipinski definition) is 12.